The fraction of sp³-hybridized carbons (Fsp3) is 0.571. The van der Waals surface area contributed by atoms with Gasteiger partial charge in [-0.25, -0.2) is 0 Å². The Hall–Kier alpha value is -1.46. The van der Waals surface area contributed by atoms with Crippen LogP contribution < -0.4 is 0 Å². The van der Waals surface area contributed by atoms with Gasteiger partial charge in [-0.1, -0.05) is 71.9 Å². The maximum atomic E-state index is 12.9. The third-order valence-corrected chi connectivity index (χ3v) is 6.44. The lowest BCUT2D eigenvalue weighted by atomic mass is 9.70. The molecule has 2 saturated carbocycles. The molecule has 0 amide bonds. The lowest BCUT2D eigenvalue weighted by Gasteiger charge is -2.34. The van der Waals surface area contributed by atoms with Gasteiger partial charge < -0.3 is 0 Å². The minimum Gasteiger partial charge on any atom is -0.294 e. The van der Waals surface area contributed by atoms with Crippen LogP contribution in [0.1, 0.15) is 59.9 Å². The summed E-state index contributed by atoms with van der Waals surface area (Å²) >= 11 is 0. The van der Waals surface area contributed by atoms with Gasteiger partial charge in [0.05, 0.1) is 11.2 Å². The van der Waals surface area contributed by atoms with Crippen molar-refractivity contribution >= 4 is 22.0 Å². The van der Waals surface area contributed by atoms with E-state index in [2.05, 4.69) is 0 Å². The highest BCUT2D eigenvalue weighted by Gasteiger charge is 2.67. The number of carbonyl (C=O) groups is 1. The molecule has 2 fully saturated rings. The number of hydrogen-bond donors (Lipinski definition) is 1. The number of rotatable bonds is 3. The Morgan fingerprint density at radius 3 is 2.15 bits per heavy atom. The van der Waals surface area contributed by atoms with E-state index in [-0.39, 0.29) is 11.7 Å². The van der Waals surface area contributed by atoms with Crippen molar-refractivity contribution in [3.05, 3.63) is 41.5 Å². The van der Waals surface area contributed by atoms with E-state index in [0.717, 1.165) is 12.0 Å². The topological polar surface area (TPSA) is 71.4 Å². The normalized spacial score (nSPS) is 27.4. The zero-order valence-electron chi connectivity index (χ0n) is 16.7. The Kier molecular flexibility index (Phi) is 7.37. The third kappa shape index (κ3) is 3.94. The molecule has 0 spiro atoms. The molecule has 2 aliphatic rings. The van der Waals surface area contributed by atoms with Crippen LogP contribution in [0.3, 0.4) is 0 Å². The predicted octanol–water partition coefficient (Wildman–Crippen LogP) is 5.02. The van der Waals surface area contributed by atoms with E-state index < -0.39 is 26.7 Å². The lowest BCUT2D eigenvalue weighted by Crippen LogP contribution is -2.42. The van der Waals surface area contributed by atoms with Crippen molar-refractivity contribution < 1.29 is 17.8 Å². The maximum absolute atomic E-state index is 12.9. The SMILES string of the molecule is CC.CC.CC1(C)C2CCC1(CS(=O)(=O)O)C(=O)/C2=C/c1ccccc1. The van der Waals surface area contributed by atoms with Crippen LogP contribution in [-0.2, 0) is 14.9 Å². The monoisotopic (exact) mass is 380 g/mol. The third-order valence-electron chi connectivity index (χ3n) is 5.59. The quantitative estimate of drug-likeness (QED) is 0.590. The van der Waals surface area contributed by atoms with Gasteiger partial charge in [0.15, 0.2) is 5.78 Å². The van der Waals surface area contributed by atoms with Crippen molar-refractivity contribution in [2.45, 2.75) is 54.4 Å². The van der Waals surface area contributed by atoms with Crippen molar-refractivity contribution in [3.8, 4) is 0 Å². The summed E-state index contributed by atoms with van der Waals surface area (Å²) < 4.78 is 32.2. The minimum atomic E-state index is -4.20. The number of carbonyl (C=O) groups excluding carboxylic acids is 1. The van der Waals surface area contributed by atoms with Crippen molar-refractivity contribution in [2.24, 2.45) is 16.7 Å². The summed E-state index contributed by atoms with van der Waals surface area (Å²) in [6.07, 6.45) is 3.18. The molecule has 5 heteroatoms. The first-order valence-corrected chi connectivity index (χ1v) is 11.0. The van der Waals surface area contributed by atoms with Crippen molar-refractivity contribution in [2.75, 3.05) is 5.75 Å². The van der Waals surface area contributed by atoms with E-state index >= 15 is 0 Å². The number of hydrogen-bond acceptors (Lipinski definition) is 3. The Balaban J connectivity index is 0.000000791. The zero-order chi connectivity index (χ0) is 20.2. The van der Waals surface area contributed by atoms with E-state index in [1.807, 2.05) is 78.0 Å². The summed E-state index contributed by atoms with van der Waals surface area (Å²) in [5.41, 5.74) is 0.189. The standard InChI is InChI=1S/C17H20O4S.2C2H6/c1-16(2)14-8-9-17(16,11-22(19,20)21)15(18)13(14)10-12-6-4-3-5-7-12;2*1-2/h3-7,10,14H,8-9,11H2,1-2H3,(H,19,20,21);2*1-2H3/b13-10+;;. The molecule has 0 radical (unpaired) electrons. The van der Waals surface area contributed by atoms with Gasteiger partial charge in [0, 0.05) is 5.57 Å². The number of benzene rings is 1. The van der Waals surface area contributed by atoms with Crippen LogP contribution in [0.2, 0.25) is 0 Å². The first-order valence-electron chi connectivity index (χ1n) is 9.44. The molecule has 1 N–H and O–H groups in total. The zero-order valence-corrected chi connectivity index (χ0v) is 17.6. The molecular weight excluding hydrogens is 348 g/mol. The summed E-state index contributed by atoms with van der Waals surface area (Å²) in [7, 11) is -4.20. The highest BCUT2D eigenvalue weighted by molar-refractivity contribution is 7.85. The maximum Gasteiger partial charge on any atom is 0.265 e. The van der Waals surface area contributed by atoms with E-state index in [1.165, 1.54) is 0 Å². The molecule has 0 heterocycles. The summed E-state index contributed by atoms with van der Waals surface area (Å²) in [6, 6.07) is 9.57. The smallest absolute Gasteiger partial charge is 0.265 e. The molecule has 2 aliphatic carbocycles. The molecule has 4 nitrogen and oxygen atoms in total. The largest absolute Gasteiger partial charge is 0.294 e. The van der Waals surface area contributed by atoms with Gasteiger partial charge in [-0.3, -0.25) is 9.35 Å². The molecular formula is C21H32O4S. The van der Waals surface area contributed by atoms with Gasteiger partial charge in [-0.15, -0.1) is 0 Å². The lowest BCUT2D eigenvalue weighted by molar-refractivity contribution is -0.125. The number of fused-ring (bicyclic) bond motifs is 2. The number of allylic oxidation sites excluding steroid dienone is 1. The van der Waals surface area contributed by atoms with Gasteiger partial charge in [0.2, 0.25) is 0 Å². The first-order chi connectivity index (χ1) is 12.2. The molecule has 1 aromatic carbocycles. The number of ketones is 1. The van der Waals surface area contributed by atoms with E-state index in [1.54, 1.807) is 0 Å². The van der Waals surface area contributed by atoms with Crippen molar-refractivity contribution in [1.82, 2.24) is 0 Å². The molecule has 146 valence electrons. The average molecular weight is 381 g/mol. The predicted molar refractivity (Wildman–Crippen MR) is 107 cm³/mol. The van der Waals surface area contributed by atoms with Crippen LogP contribution in [0.5, 0.6) is 0 Å². The van der Waals surface area contributed by atoms with Crippen LogP contribution in [0.25, 0.3) is 6.08 Å². The molecule has 0 saturated heterocycles. The Morgan fingerprint density at radius 1 is 1.12 bits per heavy atom. The van der Waals surface area contributed by atoms with E-state index in [9.17, 15) is 17.8 Å². The Morgan fingerprint density at radius 2 is 1.65 bits per heavy atom. The molecule has 0 aromatic heterocycles. The van der Waals surface area contributed by atoms with Crippen molar-refractivity contribution in [1.29, 1.82) is 0 Å². The summed E-state index contributed by atoms with van der Waals surface area (Å²) in [4.78, 5) is 12.9. The van der Waals surface area contributed by atoms with E-state index in [0.29, 0.717) is 12.0 Å². The van der Waals surface area contributed by atoms with Gasteiger partial charge in [0.25, 0.3) is 10.1 Å². The second-order valence-corrected chi connectivity index (χ2v) is 8.41. The average Bonchev–Trinajstić information content (AvgIpc) is 2.93. The van der Waals surface area contributed by atoms with Crippen LogP contribution >= 0.6 is 0 Å². The summed E-state index contributed by atoms with van der Waals surface area (Å²) in [5, 5.41) is 0. The number of Topliss-reactive ketones (excluding diaryl/α,β-unsaturated/α-hetero) is 1. The Bertz CT molecular complexity index is 747. The summed E-state index contributed by atoms with van der Waals surface area (Å²) in [6.45, 7) is 11.9. The van der Waals surface area contributed by atoms with Gasteiger partial charge in [0.1, 0.15) is 0 Å². The van der Waals surface area contributed by atoms with Gasteiger partial charge >= 0.3 is 0 Å². The highest BCUT2D eigenvalue weighted by Crippen LogP contribution is 2.66. The molecule has 2 unspecified atom stereocenters. The van der Waals surface area contributed by atoms with Crippen LogP contribution in [-0.4, -0.2) is 24.5 Å². The molecule has 2 atom stereocenters. The van der Waals surface area contributed by atoms with Gasteiger partial charge in [-0.2, -0.15) is 8.42 Å². The highest BCUT2D eigenvalue weighted by atomic mass is 32.2. The molecule has 3 rings (SSSR count). The first kappa shape index (κ1) is 22.6. The summed E-state index contributed by atoms with van der Waals surface area (Å²) in [5.74, 6) is -0.550. The van der Waals surface area contributed by atoms with Crippen LogP contribution in [0.4, 0.5) is 0 Å². The fourth-order valence-electron chi connectivity index (χ4n) is 4.32. The molecule has 2 bridgehead atoms. The van der Waals surface area contributed by atoms with E-state index in [4.69, 9.17) is 0 Å². The second-order valence-electron chi connectivity index (χ2n) is 6.96. The molecule has 1 aromatic rings. The van der Waals surface area contributed by atoms with Crippen LogP contribution in [0, 0.1) is 16.7 Å². The molecule has 0 aliphatic heterocycles. The fourth-order valence-corrected chi connectivity index (χ4v) is 5.59. The van der Waals surface area contributed by atoms with Crippen molar-refractivity contribution in [3.63, 3.8) is 0 Å². The Labute approximate surface area is 158 Å². The molecule has 26 heavy (non-hydrogen) atoms. The minimum absolute atomic E-state index is 0.0435. The second kappa shape index (κ2) is 8.49. The van der Waals surface area contributed by atoms with Crippen LogP contribution in [0.15, 0.2) is 35.9 Å². The van der Waals surface area contributed by atoms with Gasteiger partial charge in [-0.05, 0) is 35.8 Å².